The lowest BCUT2D eigenvalue weighted by molar-refractivity contribution is 0.182. The molecule has 1 atom stereocenters. The number of hydrazine groups is 1. The van der Waals surface area contributed by atoms with Gasteiger partial charge in [0.15, 0.2) is 0 Å². The molecule has 0 saturated heterocycles. The zero-order valence-electron chi connectivity index (χ0n) is 10.9. The maximum Gasteiger partial charge on any atom is 0.106 e. The summed E-state index contributed by atoms with van der Waals surface area (Å²) in [6.07, 6.45) is 3.50. The molecule has 0 aliphatic rings. The second-order valence-electron chi connectivity index (χ2n) is 4.07. The van der Waals surface area contributed by atoms with E-state index in [2.05, 4.69) is 31.6 Å². The zero-order valence-corrected chi connectivity index (χ0v) is 12.5. The average molecular weight is 329 g/mol. The monoisotopic (exact) mass is 328 g/mol. The summed E-state index contributed by atoms with van der Waals surface area (Å²) in [4.78, 5) is 0. The Morgan fingerprint density at radius 1 is 1.53 bits per heavy atom. The number of hydrogen-bond acceptors (Lipinski definition) is 5. The summed E-state index contributed by atoms with van der Waals surface area (Å²) in [6, 6.07) is 1.73. The average Bonchev–Trinajstić information content (AvgIpc) is 2.97. The van der Waals surface area contributed by atoms with Crippen molar-refractivity contribution in [2.75, 3.05) is 13.7 Å². The molecule has 0 aliphatic carbocycles. The van der Waals surface area contributed by atoms with Crippen LogP contribution in [0.25, 0.3) is 0 Å². The Balaban J connectivity index is 2.38. The standard InChI is InChI=1S/C11H17BrN6O/c1-17-9(3-4-14-17)10(16-13)11-8(12)7-15-18(11)5-6-19-2/h3-4,7,10,16H,5-6,13H2,1-2H3. The molecule has 2 rings (SSSR count). The van der Waals surface area contributed by atoms with Crippen LogP contribution in [-0.2, 0) is 18.3 Å². The second kappa shape index (κ2) is 6.29. The molecule has 0 fully saturated rings. The fraction of sp³-hybridized carbons (Fsp3) is 0.455. The minimum absolute atomic E-state index is 0.193. The van der Waals surface area contributed by atoms with Crippen LogP contribution in [-0.4, -0.2) is 33.3 Å². The number of rotatable bonds is 6. The number of hydrogen-bond donors (Lipinski definition) is 2. The number of halogens is 1. The molecule has 3 N–H and O–H groups in total. The Hall–Kier alpha value is -1.22. The Kier molecular flexibility index (Phi) is 4.70. The highest BCUT2D eigenvalue weighted by Crippen LogP contribution is 2.27. The molecule has 0 bridgehead atoms. The molecule has 0 aliphatic heterocycles. The molecule has 0 aromatic carbocycles. The first-order valence-corrected chi connectivity index (χ1v) is 6.62. The van der Waals surface area contributed by atoms with E-state index in [1.807, 2.05) is 17.8 Å². The van der Waals surface area contributed by atoms with Gasteiger partial charge in [-0.05, 0) is 22.0 Å². The second-order valence-corrected chi connectivity index (χ2v) is 4.93. The van der Waals surface area contributed by atoms with Gasteiger partial charge < -0.3 is 4.74 Å². The smallest absolute Gasteiger partial charge is 0.106 e. The highest BCUT2D eigenvalue weighted by molar-refractivity contribution is 9.10. The predicted molar refractivity (Wildman–Crippen MR) is 74.2 cm³/mol. The van der Waals surface area contributed by atoms with Crippen LogP contribution in [0.15, 0.2) is 22.9 Å². The van der Waals surface area contributed by atoms with Gasteiger partial charge in [-0.3, -0.25) is 15.2 Å². The molecule has 104 valence electrons. The van der Waals surface area contributed by atoms with Gasteiger partial charge in [0, 0.05) is 20.4 Å². The van der Waals surface area contributed by atoms with Gasteiger partial charge in [-0.25, -0.2) is 5.43 Å². The first-order chi connectivity index (χ1) is 9.19. The van der Waals surface area contributed by atoms with Gasteiger partial charge in [-0.2, -0.15) is 10.2 Å². The third-order valence-electron chi connectivity index (χ3n) is 2.94. The number of nitrogens with zero attached hydrogens (tertiary/aromatic N) is 4. The van der Waals surface area contributed by atoms with Crippen LogP contribution in [0.5, 0.6) is 0 Å². The molecular weight excluding hydrogens is 312 g/mol. The third-order valence-corrected chi connectivity index (χ3v) is 3.55. The van der Waals surface area contributed by atoms with Crippen molar-refractivity contribution in [2.45, 2.75) is 12.6 Å². The highest BCUT2D eigenvalue weighted by Gasteiger charge is 2.23. The summed E-state index contributed by atoms with van der Waals surface area (Å²) in [6.45, 7) is 1.25. The number of nitrogens with two attached hydrogens (primary N) is 1. The van der Waals surface area contributed by atoms with Crippen LogP contribution in [0.1, 0.15) is 17.4 Å². The SMILES string of the molecule is COCCn1ncc(Br)c1C(NN)c1ccnn1C. The van der Waals surface area contributed by atoms with E-state index in [4.69, 9.17) is 10.6 Å². The van der Waals surface area contributed by atoms with E-state index in [9.17, 15) is 0 Å². The Bertz CT molecular complexity index is 537. The molecule has 0 amide bonds. The molecule has 0 saturated carbocycles. The van der Waals surface area contributed by atoms with Gasteiger partial charge in [0.1, 0.15) is 6.04 Å². The van der Waals surface area contributed by atoms with Crippen LogP contribution in [0.2, 0.25) is 0 Å². The number of aromatic nitrogens is 4. The van der Waals surface area contributed by atoms with Crippen LogP contribution < -0.4 is 11.3 Å². The molecule has 2 heterocycles. The van der Waals surface area contributed by atoms with Crippen molar-refractivity contribution in [3.05, 3.63) is 34.3 Å². The first kappa shape index (κ1) is 14.2. The molecule has 0 radical (unpaired) electrons. The Morgan fingerprint density at radius 3 is 2.89 bits per heavy atom. The lowest BCUT2D eigenvalue weighted by Gasteiger charge is -2.18. The lowest BCUT2D eigenvalue weighted by atomic mass is 10.1. The highest BCUT2D eigenvalue weighted by atomic mass is 79.9. The molecular formula is C11H17BrN6O. The number of ether oxygens (including phenoxy) is 1. The van der Waals surface area contributed by atoms with Crippen molar-refractivity contribution in [1.29, 1.82) is 0 Å². The van der Waals surface area contributed by atoms with E-state index in [1.54, 1.807) is 24.2 Å². The summed E-state index contributed by atoms with van der Waals surface area (Å²) in [5.41, 5.74) is 4.72. The van der Waals surface area contributed by atoms with E-state index in [1.165, 1.54) is 0 Å². The Labute approximate surface area is 119 Å². The van der Waals surface area contributed by atoms with Gasteiger partial charge in [0.25, 0.3) is 0 Å². The molecule has 2 aromatic rings. The fourth-order valence-corrected chi connectivity index (χ4v) is 2.51. The summed E-state index contributed by atoms with van der Waals surface area (Å²) >= 11 is 3.51. The molecule has 8 heteroatoms. The predicted octanol–water partition coefficient (Wildman–Crippen LogP) is 0.578. The maximum atomic E-state index is 5.71. The minimum Gasteiger partial charge on any atom is -0.383 e. The minimum atomic E-state index is -0.193. The third kappa shape index (κ3) is 2.86. The summed E-state index contributed by atoms with van der Waals surface area (Å²) in [7, 11) is 3.54. The molecule has 19 heavy (non-hydrogen) atoms. The summed E-state index contributed by atoms with van der Waals surface area (Å²) < 4.78 is 9.64. The van der Waals surface area contributed by atoms with Crippen LogP contribution in [0, 0.1) is 0 Å². The maximum absolute atomic E-state index is 5.71. The normalized spacial score (nSPS) is 12.8. The van der Waals surface area contributed by atoms with Crippen molar-refractivity contribution in [3.63, 3.8) is 0 Å². The van der Waals surface area contributed by atoms with Crippen molar-refractivity contribution in [3.8, 4) is 0 Å². The zero-order chi connectivity index (χ0) is 13.8. The largest absolute Gasteiger partial charge is 0.383 e. The van der Waals surface area contributed by atoms with Crippen molar-refractivity contribution >= 4 is 15.9 Å². The van der Waals surface area contributed by atoms with E-state index in [0.717, 1.165) is 15.9 Å². The Morgan fingerprint density at radius 2 is 2.32 bits per heavy atom. The topological polar surface area (TPSA) is 82.9 Å². The van der Waals surface area contributed by atoms with Crippen LogP contribution in [0.3, 0.4) is 0 Å². The first-order valence-electron chi connectivity index (χ1n) is 5.83. The quantitative estimate of drug-likeness (QED) is 0.598. The van der Waals surface area contributed by atoms with E-state index >= 15 is 0 Å². The number of aryl methyl sites for hydroxylation is 1. The molecule has 1 unspecified atom stereocenters. The van der Waals surface area contributed by atoms with Gasteiger partial charge in [0.05, 0.1) is 35.2 Å². The molecule has 7 nitrogen and oxygen atoms in total. The van der Waals surface area contributed by atoms with Gasteiger partial charge in [-0.15, -0.1) is 0 Å². The van der Waals surface area contributed by atoms with E-state index in [-0.39, 0.29) is 6.04 Å². The van der Waals surface area contributed by atoms with Gasteiger partial charge >= 0.3 is 0 Å². The van der Waals surface area contributed by atoms with Gasteiger partial charge in [-0.1, -0.05) is 0 Å². The van der Waals surface area contributed by atoms with Crippen LogP contribution in [0.4, 0.5) is 0 Å². The van der Waals surface area contributed by atoms with Crippen molar-refractivity contribution < 1.29 is 4.74 Å². The van der Waals surface area contributed by atoms with Crippen molar-refractivity contribution in [2.24, 2.45) is 12.9 Å². The van der Waals surface area contributed by atoms with Gasteiger partial charge in [0.2, 0.25) is 0 Å². The number of nitrogens with one attached hydrogen (secondary N) is 1. The van der Waals surface area contributed by atoms with Crippen LogP contribution >= 0.6 is 15.9 Å². The van der Waals surface area contributed by atoms with E-state index < -0.39 is 0 Å². The summed E-state index contributed by atoms with van der Waals surface area (Å²) in [5, 5.41) is 8.49. The van der Waals surface area contributed by atoms with E-state index in [0.29, 0.717) is 13.2 Å². The number of methoxy groups -OCH3 is 1. The molecule has 0 spiro atoms. The fourth-order valence-electron chi connectivity index (χ4n) is 1.99. The molecule has 2 aromatic heterocycles. The van der Waals surface area contributed by atoms with Crippen molar-refractivity contribution in [1.82, 2.24) is 25.0 Å². The lowest BCUT2D eigenvalue weighted by Crippen LogP contribution is -2.32. The summed E-state index contributed by atoms with van der Waals surface area (Å²) in [5.74, 6) is 5.71.